The highest BCUT2D eigenvalue weighted by molar-refractivity contribution is 6.92. The molecule has 0 aromatic heterocycles. The van der Waals surface area contributed by atoms with E-state index in [1.807, 2.05) is 0 Å². The van der Waals surface area contributed by atoms with Gasteiger partial charge in [-0.2, -0.15) is 0 Å². The van der Waals surface area contributed by atoms with Crippen LogP contribution in [0.4, 0.5) is 0 Å². The second kappa shape index (κ2) is 24.1. The summed E-state index contributed by atoms with van der Waals surface area (Å²) in [5.41, 5.74) is 0. The van der Waals surface area contributed by atoms with Crippen molar-refractivity contribution in [3.8, 4) is 0 Å². The summed E-state index contributed by atoms with van der Waals surface area (Å²) in [6.45, 7) is 21.3. The number of hydrogen-bond acceptors (Lipinski definition) is 6. The molecule has 0 amide bonds. The van der Waals surface area contributed by atoms with E-state index >= 15 is 0 Å². The van der Waals surface area contributed by atoms with Crippen LogP contribution in [0.1, 0.15) is 127 Å². The maximum atomic E-state index is 7.61. The van der Waals surface area contributed by atoms with E-state index in [2.05, 4.69) is 62.3 Å². The Morgan fingerprint density at radius 1 is 0.295 bits per heavy atom. The van der Waals surface area contributed by atoms with E-state index in [-0.39, 0.29) is 0 Å². The molecule has 0 aliphatic carbocycles. The topological polar surface area (TPSA) is 55.4 Å². The summed E-state index contributed by atoms with van der Waals surface area (Å²) >= 11 is 0. The van der Waals surface area contributed by atoms with Crippen molar-refractivity contribution < 1.29 is 25.6 Å². The third-order valence-corrected chi connectivity index (χ3v) is 35.4. The predicted molar refractivity (Wildman–Crippen MR) is 203 cm³/mol. The van der Waals surface area contributed by atoms with Gasteiger partial charge in [0.25, 0.3) is 0 Å². The van der Waals surface area contributed by atoms with Crippen LogP contribution in [0.15, 0.2) is 0 Å². The summed E-state index contributed by atoms with van der Waals surface area (Å²) in [4.78, 5) is 0. The molecule has 0 rings (SSSR count). The lowest BCUT2D eigenvalue weighted by atomic mass is 10.1. The third kappa shape index (κ3) is 14.5. The molecule has 0 aliphatic rings. The van der Waals surface area contributed by atoms with E-state index in [0.29, 0.717) is 0 Å². The van der Waals surface area contributed by atoms with Gasteiger partial charge in [0.15, 0.2) is 25.0 Å². The molecule has 266 valence electrons. The van der Waals surface area contributed by atoms with E-state index in [9.17, 15) is 0 Å². The molecule has 0 saturated heterocycles. The van der Waals surface area contributed by atoms with Crippen molar-refractivity contribution in [2.45, 2.75) is 193 Å². The SMILES string of the molecule is CC[Si](CC)(CC)O[Si](CCCCCCCCCCCC[Si](OC)(OC)OC)(O[Si](CC)(CC)CC)O[Si](CC)(CC)CC. The lowest BCUT2D eigenvalue weighted by Crippen LogP contribution is -2.64. The third-order valence-electron chi connectivity index (χ3n) is 11.1. The zero-order valence-corrected chi connectivity index (χ0v) is 36.8. The molecule has 0 radical (unpaired) electrons. The predicted octanol–water partition coefficient (Wildman–Crippen LogP) is 11.8. The van der Waals surface area contributed by atoms with Crippen LogP contribution in [0.3, 0.4) is 0 Å². The van der Waals surface area contributed by atoms with Gasteiger partial charge in [-0.05, 0) is 67.2 Å². The smallest absolute Gasteiger partial charge is 0.416 e. The molecule has 0 aromatic rings. The summed E-state index contributed by atoms with van der Waals surface area (Å²) in [5.74, 6) is 0. The first-order valence-corrected chi connectivity index (χ1v) is 30.3. The van der Waals surface area contributed by atoms with Crippen LogP contribution in [0, 0.1) is 0 Å². The average molecular weight is 711 g/mol. The molecule has 0 spiro atoms. The molecule has 11 heteroatoms. The Labute approximate surface area is 281 Å². The number of hydrogen-bond donors (Lipinski definition) is 0. The molecule has 6 nitrogen and oxygen atoms in total. The van der Waals surface area contributed by atoms with Gasteiger partial charge in [0.2, 0.25) is 0 Å². The van der Waals surface area contributed by atoms with E-state index in [1.165, 1.54) is 57.8 Å². The van der Waals surface area contributed by atoms with Crippen LogP contribution in [-0.4, -0.2) is 63.9 Å². The second-order valence-electron chi connectivity index (χ2n) is 13.1. The molecular formula is C33H78O6Si5. The molecule has 0 atom stereocenters. The Bertz CT molecular complexity index is 597. The van der Waals surface area contributed by atoms with Gasteiger partial charge in [-0.25, -0.2) is 0 Å². The minimum absolute atomic E-state index is 0.910. The van der Waals surface area contributed by atoms with Crippen LogP contribution in [0.5, 0.6) is 0 Å². The van der Waals surface area contributed by atoms with Gasteiger partial charge < -0.3 is 25.6 Å². The Balaban J connectivity index is 5.37. The maximum absolute atomic E-state index is 7.61. The van der Waals surface area contributed by atoms with Gasteiger partial charge in [-0.3, -0.25) is 0 Å². The zero-order chi connectivity index (χ0) is 33.6. The lowest BCUT2D eigenvalue weighted by molar-refractivity contribution is 0.122. The fourth-order valence-corrected chi connectivity index (χ4v) is 29.7. The Morgan fingerprint density at radius 3 is 0.705 bits per heavy atom. The second-order valence-corrected chi connectivity index (χ2v) is 33.9. The van der Waals surface area contributed by atoms with Crippen molar-refractivity contribution in [2.75, 3.05) is 21.3 Å². The zero-order valence-electron chi connectivity index (χ0n) is 31.8. The Morgan fingerprint density at radius 2 is 0.500 bits per heavy atom. The van der Waals surface area contributed by atoms with E-state index in [1.54, 1.807) is 21.3 Å². The van der Waals surface area contributed by atoms with Crippen LogP contribution in [0.25, 0.3) is 0 Å². The molecule has 0 aromatic carbocycles. The standard InChI is InChI=1S/C33H78O6Si5/c1-13-40(14-2,15-3)37-44(38-41(16-4,17-5)18-6,39-42(19-7,20-8)21-9)33-31-29-27-25-23-22-24-26-28-30-32-43(34-10,35-11)36-12/h13-33H2,1-12H3. The minimum atomic E-state index is -2.85. The van der Waals surface area contributed by atoms with Crippen molar-refractivity contribution in [1.29, 1.82) is 0 Å². The van der Waals surface area contributed by atoms with Crippen LogP contribution < -0.4 is 0 Å². The monoisotopic (exact) mass is 710 g/mol. The van der Waals surface area contributed by atoms with Gasteiger partial charge >= 0.3 is 17.6 Å². The molecule has 44 heavy (non-hydrogen) atoms. The lowest BCUT2D eigenvalue weighted by Gasteiger charge is -2.48. The molecule has 0 bridgehead atoms. The quantitative estimate of drug-likeness (QED) is 0.0527. The molecular weight excluding hydrogens is 633 g/mol. The molecule has 0 aliphatic heterocycles. The fourth-order valence-electron chi connectivity index (χ4n) is 6.76. The van der Waals surface area contributed by atoms with Gasteiger partial charge in [-0.1, -0.05) is 114 Å². The number of rotatable bonds is 31. The van der Waals surface area contributed by atoms with Gasteiger partial charge in [0.1, 0.15) is 0 Å². The highest BCUT2D eigenvalue weighted by Gasteiger charge is 2.54. The molecule has 0 heterocycles. The van der Waals surface area contributed by atoms with Gasteiger partial charge in [0, 0.05) is 33.4 Å². The summed E-state index contributed by atoms with van der Waals surface area (Å²) in [6.07, 6.45) is 12.7. The summed E-state index contributed by atoms with van der Waals surface area (Å²) in [5, 5.41) is 0. The average Bonchev–Trinajstić information content (AvgIpc) is 3.08. The minimum Gasteiger partial charge on any atom is -0.416 e. The Kier molecular flexibility index (Phi) is 24.5. The van der Waals surface area contributed by atoms with Crippen molar-refractivity contribution in [3.63, 3.8) is 0 Å². The first kappa shape index (κ1) is 44.8. The number of unbranched alkanes of at least 4 members (excludes halogenated alkanes) is 9. The van der Waals surface area contributed by atoms with Crippen molar-refractivity contribution in [3.05, 3.63) is 0 Å². The molecule has 0 fully saturated rings. The fraction of sp³-hybridized carbons (Fsp3) is 1.00. The van der Waals surface area contributed by atoms with Crippen LogP contribution in [-0.2, 0) is 25.6 Å². The summed E-state index contributed by atoms with van der Waals surface area (Å²) in [6, 6.07) is 12.4. The van der Waals surface area contributed by atoms with Crippen LogP contribution >= 0.6 is 0 Å². The summed E-state index contributed by atoms with van der Waals surface area (Å²) in [7, 11) is -5.86. The van der Waals surface area contributed by atoms with E-state index < -0.39 is 42.6 Å². The highest BCUT2D eigenvalue weighted by atomic mass is 28.5. The van der Waals surface area contributed by atoms with E-state index in [4.69, 9.17) is 25.6 Å². The molecule has 0 saturated carbocycles. The van der Waals surface area contributed by atoms with Crippen molar-refractivity contribution in [2.24, 2.45) is 0 Å². The van der Waals surface area contributed by atoms with Gasteiger partial charge in [-0.15, -0.1) is 0 Å². The van der Waals surface area contributed by atoms with Crippen molar-refractivity contribution >= 4 is 42.6 Å². The Hall–Kier alpha value is 0.844. The first-order chi connectivity index (χ1) is 21.1. The normalized spacial score (nSPS) is 13.6. The van der Waals surface area contributed by atoms with Crippen LogP contribution in [0.2, 0.25) is 66.5 Å². The molecule has 0 N–H and O–H groups in total. The van der Waals surface area contributed by atoms with Crippen molar-refractivity contribution in [1.82, 2.24) is 0 Å². The maximum Gasteiger partial charge on any atom is 0.500 e. The first-order valence-electron chi connectivity index (χ1n) is 18.8. The highest BCUT2D eigenvalue weighted by Crippen LogP contribution is 2.39. The molecule has 0 unspecified atom stereocenters. The largest absolute Gasteiger partial charge is 0.500 e. The summed E-state index contributed by atoms with van der Waals surface area (Å²) < 4.78 is 39.5. The van der Waals surface area contributed by atoms with Gasteiger partial charge in [0.05, 0.1) is 0 Å². The van der Waals surface area contributed by atoms with E-state index in [0.717, 1.165) is 72.9 Å².